The molecule has 9 nitrogen and oxygen atoms in total. The fourth-order valence-electron chi connectivity index (χ4n) is 2.06. The first-order chi connectivity index (χ1) is 13.5. The number of hydrogen-bond acceptors (Lipinski definition) is 8. The van der Waals surface area contributed by atoms with E-state index in [0.29, 0.717) is 0 Å². The van der Waals surface area contributed by atoms with Crippen LogP contribution >= 0.6 is 11.3 Å². The van der Waals surface area contributed by atoms with Gasteiger partial charge in [-0.05, 0) is 60.6 Å². The number of carbonyl (C=O) groups is 4. The molecule has 0 saturated carbocycles. The number of ether oxygens (including phenoxy) is 2. The first-order valence-electron chi connectivity index (χ1n) is 9.45. The summed E-state index contributed by atoms with van der Waals surface area (Å²) in [6.07, 6.45) is -0.579. The van der Waals surface area contributed by atoms with Crippen LogP contribution in [-0.4, -0.2) is 53.6 Å². The van der Waals surface area contributed by atoms with E-state index >= 15 is 0 Å². The van der Waals surface area contributed by atoms with E-state index in [0.717, 1.165) is 11.3 Å². The fraction of sp³-hybridized carbons (Fsp3) is 0.600. The van der Waals surface area contributed by atoms with Gasteiger partial charge in [-0.25, -0.2) is 9.59 Å². The number of hydrogen-bond donors (Lipinski definition) is 3. The second kappa shape index (κ2) is 9.57. The third-order valence-corrected chi connectivity index (χ3v) is 4.51. The highest BCUT2D eigenvalue weighted by atomic mass is 32.1. The lowest BCUT2D eigenvalue weighted by atomic mass is 9.96. The minimum atomic E-state index is -1.87. The van der Waals surface area contributed by atoms with Gasteiger partial charge in [0.2, 0.25) is 5.78 Å². The minimum Gasteiger partial charge on any atom is -0.458 e. The lowest BCUT2D eigenvalue weighted by Crippen LogP contribution is -2.54. The quantitative estimate of drug-likeness (QED) is 0.255. The van der Waals surface area contributed by atoms with Gasteiger partial charge in [0.05, 0.1) is 9.75 Å². The van der Waals surface area contributed by atoms with Crippen molar-refractivity contribution in [1.29, 1.82) is 0 Å². The van der Waals surface area contributed by atoms with Crippen molar-refractivity contribution in [1.82, 2.24) is 10.6 Å². The van der Waals surface area contributed by atoms with E-state index in [9.17, 15) is 19.2 Å². The molecule has 1 aromatic rings. The van der Waals surface area contributed by atoms with Crippen molar-refractivity contribution in [2.45, 2.75) is 65.2 Å². The molecule has 1 atom stereocenters. The number of amides is 2. The van der Waals surface area contributed by atoms with Crippen molar-refractivity contribution in [2.75, 3.05) is 13.1 Å². The predicted octanol–water partition coefficient (Wildman–Crippen LogP) is 2.24. The zero-order valence-corrected chi connectivity index (χ0v) is 19.3. The maximum atomic E-state index is 12.7. The van der Waals surface area contributed by atoms with Crippen molar-refractivity contribution >= 4 is 35.1 Å². The molecule has 0 aliphatic heterocycles. The lowest BCUT2D eigenvalue weighted by Gasteiger charge is -2.26. The Hall–Kier alpha value is -2.46. The van der Waals surface area contributed by atoms with Crippen LogP contribution < -0.4 is 16.4 Å². The van der Waals surface area contributed by atoms with Gasteiger partial charge in [0, 0.05) is 13.1 Å². The van der Waals surface area contributed by atoms with Crippen LogP contribution in [0.1, 0.15) is 67.8 Å². The van der Waals surface area contributed by atoms with Crippen LogP contribution in [0.5, 0.6) is 0 Å². The van der Waals surface area contributed by atoms with Crippen molar-refractivity contribution in [3.63, 3.8) is 0 Å². The Bertz CT molecular complexity index is 802. The second-order valence-electron chi connectivity index (χ2n) is 8.88. The van der Waals surface area contributed by atoms with Gasteiger partial charge in [-0.2, -0.15) is 0 Å². The highest BCUT2D eigenvalue weighted by molar-refractivity contribution is 7.16. The molecule has 1 aromatic heterocycles. The van der Waals surface area contributed by atoms with Crippen LogP contribution in [0.2, 0.25) is 0 Å². The molecule has 168 valence electrons. The molecule has 0 aromatic carbocycles. The van der Waals surface area contributed by atoms with Gasteiger partial charge >= 0.3 is 12.1 Å². The molecule has 30 heavy (non-hydrogen) atoms. The predicted molar refractivity (Wildman–Crippen MR) is 114 cm³/mol. The lowest BCUT2D eigenvalue weighted by molar-refractivity contribution is -0.158. The van der Waals surface area contributed by atoms with Crippen LogP contribution in [0.15, 0.2) is 12.1 Å². The summed E-state index contributed by atoms with van der Waals surface area (Å²) in [5.41, 5.74) is 2.66. The summed E-state index contributed by atoms with van der Waals surface area (Å²) in [6.45, 7) is 11.9. The second-order valence-corrected chi connectivity index (χ2v) is 9.97. The Balaban J connectivity index is 2.63. The van der Waals surface area contributed by atoms with Gasteiger partial charge in [0.1, 0.15) is 11.2 Å². The number of alkyl carbamates (subject to hydrolysis) is 1. The van der Waals surface area contributed by atoms with Crippen LogP contribution in [0.4, 0.5) is 4.79 Å². The van der Waals surface area contributed by atoms with Crippen molar-refractivity contribution in [2.24, 2.45) is 5.73 Å². The highest BCUT2D eigenvalue weighted by Crippen LogP contribution is 2.23. The Morgan fingerprint density at radius 3 is 1.90 bits per heavy atom. The number of thiophene rings is 1. The molecule has 4 N–H and O–H groups in total. The van der Waals surface area contributed by atoms with Crippen molar-refractivity contribution in [3.8, 4) is 0 Å². The zero-order chi connectivity index (χ0) is 23.3. The Kier molecular flexibility index (Phi) is 8.16. The van der Waals surface area contributed by atoms with Gasteiger partial charge in [-0.15, -0.1) is 11.3 Å². The molecule has 1 heterocycles. The average Bonchev–Trinajstić information content (AvgIpc) is 3.04. The first-order valence-corrected chi connectivity index (χ1v) is 10.3. The monoisotopic (exact) mass is 441 g/mol. The molecule has 0 radical (unpaired) electrons. The van der Waals surface area contributed by atoms with E-state index in [1.165, 1.54) is 19.1 Å². The highest BCUT2D eigenvalue weighted by Gasteiger charge is 2.41. The smallest absolute Gasteiger partial charge is 0.407 e. The Labute approximate surface area is 180 Å². The van der Waals surface area contributed by atoms with Gasteiger partial charge in [0.15, 0.2) is 5.54 Å². The normalized spacial score (nSPS) is 13.7. The van der Waals surface area contributed by atoms with E-state index in [1.807, 2.05) is 0 Å². The largest absolute Gasteiger partial charge is 0.458 e. The van der Waals surface area contributed by atoms with E-state index < -0.39 is 40.5 Å². The van der Waals surface area contributed by atoms with Gasteiger partial charge in [0.25, 0.3) is 5.91 Å². The maximum Gasteiger partial charge on any atom is 0.407 e. The number of nitrogens with two attached hydrogens (primary N) is 1. The number of nitrogens with one attached hydrogen (secondary N) is 2. The molecule has 0 saturated heterocycles. The van der Waals surface area contributed by atoms with E-state index in [1.54, 1.807) is 41.5 Å². The molecule has 1 unspecified atom stereocenters. The molecule has 0 aliphatic carbocycles. The van der Waals surface area contributed by atoms with Crippen LogP contribution in [-0.2, 0) is 14.3 Å². The number of carbonyl (C=O) groups excluding carboxylic acids is 4. The SMILES string of the molecule is CC(C)(C)OC(=O)NCCNC(=O)c1ccc(C(=O)C(C)(N)C(=O)OC(C)(C)C)s1. The zero-order valence-electron chi connectivity index (χ0n) is 18.5. The molecular weight excluding hydrogens is 410 g/mol. The van der Waals surface area contributed by atoms with Gasteiger partial charge in [-0.1, -0.05) is 0 Å². The number of rotatable bonds is 7. The maximum absolute atomic E-state index is 12.7. The number of ketones is 1. The van der Waals surface area contributed by atoms with E-state index in [-0.39, 0.29) is 22.8 Å². The number of Topliss-reactive ketones (excluding diaryl/α,β-unsaturated/α-hetero) is 1. The summed E-state index contributed by atoms with van der Waals surface area (Å²) in [4.78, 5) is 49.2. The fourth-order valence-corrected chi connectivity index (χ4v) is 3.04. The van der Waals surface area contributed by atoms with Crippen molar-refractivity contribution < 1.29 is 28.7 Å². The summed E-state index contributed by atoms with van der Waals surface area (Å²) in [5.74, 6) is -1.89. The molecule has 0 spiro atoms. The molecule has 0 bridgehead atoms. The molecule has 10 heteroatoms. The van der Waals surface area contributed by atoms with Crippen LogP contribution in [0.25, 0.3) is 0 Å². The summed E-state index contributed by atoms with van der Waals surface area (Å²) in [7, 11) is 0. The summed E-state index contributed by atoms with van der Waals surface area (Å²) < 4.78 is 10.3. The van der Waals surface area contributed by atoms with E-state index in [4.69, 9.17) is 15.2 Å². The molecule has 2 amide bonds. The first kappa shape index (κ1) is 25.6. The van der Waals surface area contributed by atoms with Crippen LogP contribution in [0.3, 0.4) is 0 Å². The summed E-state index contributed by atoms with van der Waals surface area (Å²) in [6, 6.07) is 2.91. The Morgan fingerprint density at radius 2 is 1.37 bits per heavy atom. The summed E-state index contributed by atoms with van der Waals surface area (Å²) in [5, 5.41) is 5.15. The third-order valence-electron chi connectivity index (χ3n) is 3.43. The standard InChI is InChI=1S/C20H31N3O6S/c1-18(2,3)28-16(26)20(7,21)14(24)12-8-9-13(30-12)15(25)22-10-11-23-17(27)29-19(4,5)6/h8-9H,10-11,21H2,1-7H3,(H,22,25)(H,23,27). The molecule has 0 aliphatic rings. The van der Waals surface area contributed by atoms with Crippen LogP contribution in [0, 0.1) is 0 Å². The third kappa shape index (κ3) is 8.11. The summed E-state index contributed by atoms with van der Waals surface area (Å²) >= 11 is 0.922. The minimum absolute atomic E-state index is 0.169. The van der Waals surface area contributed by atoms with E-state index in [2.05, 4.69) is 10.6 Å². The molecular formula is C20H31N3O6S. The average molecular weight is 442 g/mol. The van der Waals surface area contributed by atoms with Gasteiger partial charge in [-0.3, -0.25) is 9.59 Å². The molecule has 1 rings (SSSR count). The Morgan fingerprint density at radius 1 is 0.867 bits per heavy atom. The van der Waals surface area contributed by atoms with Gasteiger partial charge < -0.3 is 25.8 Å². The molecule has 0 fully saturated rings. The topological polar surface area (TPSA) is 137 Å². The number of esters is 1. The van der Waals surface area contributed by atoms with Crippen molar-refractivity contribution in [3.05, 3.63) is 21.9 Å².